The molecular formula is C18H24N2OS. The zero-order valence-electron chi connectivity index (χ0n) is 13.7. The summed E-state index contributed by atoms with van der Waals surface area (Å²) in [4.78, 5) is 13.7. The second kappa shape index (κ2) is 6.97. The van der Waals surface area contributed by atoms with E-state index in [1.165, 1.54) is 16.9 Å². The van der Waals surface area contributed by atoms with Crippen LogP contribution >= 0.6 is 11.3 Å². The van der Waals surface area contributed by atoms with E-state index >= 15 is 0 Å². The SMILES string of the molecule is CCc1ccc(-c2c(CC)sc(N)c2C(=O)NC(C)C)cc1. The van der Waals surface area contributed by atoms with Crippen LogP contribution in [0.1, 0.15) is 48.5 Å². The van der Waals surface area contributed by atoms with Gasteiger partial charge in [-0.05, 0) is 37.8 Å². The Balaban J connectivity index is 2.54. The van der Waals surface area contributed by atoms with Gasteiger partial charge in [0, 0.05) is 16.5 Å². The lowest BCUT2D eigenvalue weighted by atomic mass is 9.98. The first-order valence-electron chi connectivity index (χ1n) is 7.79. The number of anilines is 1. The average molecular weight is 316 g/mol. The first-order valence-corrected chi connectivity index (χ1v) is 8.60. The summed E-state index contributed by atoms with van der Waals surface area (Å²) in [5.74, 6) is -0.0852. The van der Waals surface area contributed by atoms with Crippen LogP contribution in [0.4, 0.5) is 5.00 Å². The van der Waals surface area contributed by atoms with Crippen molar-refractivity contribution in [2.45, 2.75) is 46.6 Å². The van der Waals surface area contributed by atoms with E-state index in [0.29, 0.717) is 10.6 Å². The Hall–Kier alpha value is -1.81. The molecule has 0 aliphatic rings. The predicted octanol–water partition coefficient (Wildman–Crippen LogP) is 4.26. The van der Waals surface area contributed by atoms with Gasteiger partial charge in [-0.3, -0.25) is 4.79 Å². The van der Waals surface area contributed by atoms with Gasteiger partial charge in [0.05, 0.1) is 10.6 Å². The fourth-order valence-corrected chi connectivity index (χ4v) is 3.55. The lowest BCUT2D eigenvalue weighted by molar-refractivity contribution is 0.0945. The Labute approximate surface area is 136 Å². The lowest BCUT2D eigenvalue weighted by Gasteiger charge is -2.11. The van der Waals surface area contributed by atoms with Gasteiger partial charge in [-0.15, -0.1) is 11.3 Å². The zero-order valence-corrected chi connectivity index (χ0v) is 14.5. The maximum Gasteiger partial charge on any atom is 0.255 e. The van der Waals surface area contributed by atoms with Crippen LogP contribution in [0.25, 0.3) is 11.1 Å². The number of hydrogen-bond acceptors (Lipinski definition) is 3. The molecule has 2 aromatic rings. The molecule has 0 unspecified atom stereocenters. The Kier molecular flexibility index (Phi) is 5.24. The minimum atomic E-state index is -0.0852. The second-order valence-corrected chi connectivity index (χ2v) is 6.81. The highest BCUT2D eigenvalue weighted by Crippen LogP contribution is 2.39. The minimum absolute atomic E-state index is 0.0852. The molecule has 0 aliphatic carbocycles. The molecule has 0 saturated carbocycles. The highest BCUT2D eigenvalue weighted by atomic mass is 32.1. The van der Waals surface area contributed by atoms with Gasteiger partial charge in [0.1, 0.15) is 0 Å². The van der Waals surface area contributed by atoms with Gasteiger partial charge in [-0.2, -0.15) is 0 Å². The summed E-state index contributed by atoms with van der Waals surface area (Å²) in [5, 5.41) is 3.56. The van der Waals surface area contributed by atoms with Crippen LogP contribution in [0.15, 0.2) is 24.3 Å². The molecule has 22 heavy (non-hydrogen) atoms. The van der Waals surface area contributed by atoms with Gasteiger partial charge in [0.2, 0.25) is 0 Å². The molecular weight excluding hydrogens is 292 g/mol. The van der Waals surface area contributed by atoms with E-state index in [1.807, 2.05) is 13.8 Å². The number of thiophene rings is 1. The summed E-state index contributed by atoms with van der Waals surface area (Å²) in [6.07, 6.45) is 1.88. The van der Waals surface area contributed by atoms with Crippen molar-refractivity contribution in [1.82, 2.24) is 5.32 Å². The summed E-state index contributed by atoms with van der Waals surface area (Å²) in [7, 11) is 0. The van der Waals surface area contributed by atoms with Gasteiger partial charge >= 0.3 is 0 Å². The van der Waals surface area contributed by atoms with Crippen LogP contribution in [0.3, 0.4) is 0 Å². The van der Waals surface area contributed by atoms with E-state index in [4.69, 9.17) is 5.73 Å². The molecule has 2 rings (SSSR count). The quantitative estimate of drug-likeness (QED) is 0.866. The number of carbonyl (C=O) groups excluding carboxylic acids is 1. The number of benzene rings is 1. The van der Waals surface area contributed by atoms with Gasteiger partial charge in [-0.1, -0.05) is 38.1 Å². The van der Waals surface area contributed by atoms with Crippen LogP contribution in [-0.4, -0.2) is 11.9 Å². The zero-order chi connectivity index (χ0) is 16.3. The smallest absolute Gasteiger partial charge is 0.255 e. The van der Waals surface area contributed by atoms with Gasteiger partial charge in [0.15, 0.2) is 0 Å². The fraction of sp³-hybridized carbons (Fsp3) is 0.389. The van der Waals surface area contributed by atoms with E-state index in [2.05, 4.69) is 43.4 Å². The first-order chi connectivity index (χ1) is 10.5. The topological polar surface area (TPSA) is 55.1 Å². The number of amides is 1. The van der Waals surface area contributed by atoms with E-state index in [-0.39, 0.29) is 11.9 Å². The molecule has 0 saturated heterocycles. The summed E-state index contributed by atoms with van der Waals surface area (Å²) in [6.45, 7) is 8.14. The molecule has 0 fully saturated rings. The van der Waals surface area contributed by atoms with E-state index in [0.717, 1.165) is 28.8 Å². The monoisotopic (exact) mass is 316 g/mol. The van der Waals surface area contributed by atoms with Crippen molar-refractivity contribution in [2.24, 2.45) is 0 Å². The van der Waals surface area contributed by atoms with Crippen molar-refractivity contribution >= 4 is 22.2 Å². The Bertz CT molecular complexity index is 656. The molecule has 3 nitrogen and oxygen atoms in total. The number of nitrogen functional groups attached to an aromatic ring is 1. The predicted molar refractivity (Wildman–Crippen MR) is 95.5 cm³/mol. The Morgan fingerprint density at radius 3 is 2.32 bits per heavy atom. The summed E-state index contributed by atoms with van der Waals surface area (Å²) in [5.41, 5.74) is 10.1. The molecule has 1 aromatic heterocycles. The summed E-state index contributed by atoms with van der Waals surface area (Å²) < 4.78 is 0. The van der Waals surface area contributed by atoms with Crippen LogP contribution in [0.2, 0.25) is 0 Å². The lowest BCUT2D eigenvalue weighted by Crippen LogP contribution is -2.30. The third kappa shape index (κ3) is 3.33. The number of carbonyl (C=O) groups is 1. The fourth-order valence-electron chi connectivity index (χ4n) is 2.52. The first kappa shape index (κ1) is 16.6. The van der Waals surface area contributed by atoms with Crippen molar-refractivity contribution in [1.29, 1.82) is 0 Å². The average Bonchev–Trinajstić information content (AvgIpc) is 2.83. The van der Waals surface area contributed by atoms with Gasteiger partial charge in [-0.25, -0.2) is 0 Å². The molecule has 1 aromatic carbocycles. The van der Waals surface area contributed by atoms with Crippen LogP contribution in [0, 0.1) is 0 Å². The maximum atomic E-state index is 12.5. The number of rotatable bonds is 5. The second-order valence-electron chi connectivity index (χ2n) is 5.67. The summed E-state index contributed by atoms with van der Waals surface area (Å²) in [6, 6.07) is 8.50. The summed E-state index contributed by atoms with van der Waals surface area (Å²) >= 11 is 1.52. The number of nitrogens with two attached hydrogens (primary N) is 1. The molecule has 3 N–H and O–H groups in total. The van der Waals surface area contributed by atoms with Gasteiger partial charge < -0.3 is 11.1 Å². The van der Waals surface area contributed by atoms with E-state index in [9.17, 15) is 4.79 Å². The standard InChI is InChI=1S/C18H24N2OS/c1-5-12-7-9-13(10-8-12)15-14(6-2)22-17(19)16(15)18(21)20-11(3)4/h7-11H,5-6,19H2,1-4H3,(H,20,21). The van der Waals surface area contributed by atoms with Crippen molar-refractivity contribution in [3.8, 4) is 11.1 Å². The van der Waals surface area contributed by atoms with Crippen molar-refractivity contribution in [2.75, 3.05) is 5.73 Å². The maximum absolute atomic E-state index is 12.5. The molecule has 4 heteroatoms. The molecule has 0 aliphatic heterocycles. The van der Waals surface area contributed by atoms with Gasteiger partial charge in [0.25, 0.3) is 5.91 Å². The molecule has 118 valence electrons. The van der Waals surface area contributed by atoms with Crippen molar-refractivity contribution < 1.29 is 4.79 Å². The highest BCUT2D eigenvalue weighted by Gasteiger charge is 2.23. The van der Waals surface area contributed by atoms with Crippen LogP contribution in [-0.2, 0) is 12.8 Å². The number of aryl methyl sites for hydroxylation is 2. The minimum Gasteiger partial charge on any atom is -0.390 e. The molecule has 0 bridgehead atoms. The van der Waals surface area contributed by atoms with Crippen LogP contribution in [0.5, 0.6) is 0 Å². The normalized spacial score (nSPS) is 11.0. The third-order valence-electron chi connectivity index (χ3n) is 3.63. The Morgan fingerprint density at radius 2 is 1.82 bits per heavy atom. The molecule has 1 amide bonds. The van der Waals surface area contributed by atoms with Crippen molar-refractivity contribution in [3.05, 3.63) is 40.3 Å². The molecule has 0 radical (unpaired) electrons. The number of hydrogen-bond donors (Lipinski definition) is 2. The largest absolute Gasteiger partial charge is 0.390 e. The Morgan fingerprint density at radius 1 is 1.18 bits per heavy atom. The number of nitrogens with one attached hydrogen (secondary N) is 1. The van der Waals surface area contributed by atoms with Crippen LogP contribution < -0.4 is 11.1 Å². The van der Waals surface area contributed by atoms with E-state index < -0.39 is 0 Å². The molecule has 0 atom stereocenters. The highest BCUT2D eigenvalue weighted by molar-refractivity contribution is 7.17. The third-order valence-corrected chi connectivity index (χ3v) is 4.79. The van der Waals surface area contributed by atoms with E-state index in [1.54, 1.807) is 0 Å². The molecule has 1 heterocycles. The van der Waals surface area contributed by atoms with Crippen molar-refractivity contribution in [3.63, 3.8) is 0 Å². The molecule has 0 spiro atoms.